The molecule has 0 saturated carbocycles. The van der Waals surface area contributed by atoms with E-state index in [0.717, 1.165) is 5.69 Å². The number of aliphatic hydroxyl groups is 1. The molecule has 1 amide bonds. The Labute approximate surface area is 124 Å². The van der Waals surface area contributed by atoms with Crippen LogP contribution in [0, 0.1) is 12.8 Å². The fourth-order valence-electron chi connectivity index (χ4n) is 2.07. The van der Waals surface area contributed by atoms with Gasteiger partial charge in [-0.2, -0.15) is 0 Å². The van der Waals surface area contributed by atoms with Crippen LogP contribution in [-0.2, 0) is 6.42 Å². The first-order valence-corrected chi connectivity index (χ1v) is 6.91. The minimum Gasteiger partial charge on any atom is -0.396 e. The minimum atomic E-state index is -0.167. The van der Waals surface area contributed by atoms with Gasteiger partial charge in [-0.15, -0.1) is 0 Å². The van der Waals surface area contributed by atoms with Gasteiger partial charge in [0.2, 0.25) is 0 Å². The van der Waals surface area contributed by atoms with Crippen molar-refractivity contribution in [1.29, 1.82) is 0 Å². The van der Waals surface area contributed by atoms with Gasteiger partial charge in [0, 0.05) is 42.9 Å². The van der Waals surface area contributed by atoms with E-state index in [0.29, 0.717) is 24.2 Å². The van der Waals surface area contributed by atoms with Crippen molar-refractivity contribution in [2.45, 2.75) is 13.3 Å². The van der Waals surface area contributed by atoms with Crippen molar-refractivity contribution in [2.24, 2.45) is 5.92 Å². The van der Waals surface area contributed by atoms with E-state index >= 15 is 0 Å². The minimum absolute atomic E-state index is 0.00285. The zero-order chi connectivity index (χ0) is 15.1. The maximum absolute atomic E-state index is 12.1. The molecule has 0 aliphatic carbocycles. The lowest BCUT2D eigenvalue weighted by Crippen LogP contribution is -2.32. The maximum atomic E-state index is 12.1. The molecule has 21 heavy (non-hydrogen) atoms. The number of aliphatic hydroxyl groups excluding tert-OH is 1. The van der Waals surface area contributed by atoms with Crippen LogP contribution in [-0.4, -0.2) is 34.1 Å². The second-order valence-electron chi connectivity index (χ2n) is 4.92. The van der Waals surface area contributed by atoms with E-state index < -0.39 is 0 Å². The summed E-state index contributed by atoms with van der Waals surface area (Å²) in [5.74, 6) is -0.221. The standard InChI is InChI=1S/C16H19N3O2/c1-12-15(6-4-8-17-12)16(21)19-10-13(11-20)9-14-5-2-3-7-18-14/h2-8,13,20H,9-11H2,1H3,(H,19,21). The molecule has 2 aromatic rings. The topological polar surface area (TPSA) is 75.1 Å². The van der Waals surface area contributed by atoms with Crippen molar-refractivity contribution in [3.63, 3.8) is 0 Å². The Balaban J connectivity index is 1.91. The van der Waals surface area contributed by atoms with Crippen LogP contribution in [0.5, 0.6) is 0 Å². The first-order chi connectivity index (χ1) is 10.2. The molecular formula is C16H19N3O2. The molecule has 0 aliphatic heterocycles. The zero-order valence-electron chi connectivity index (χ0n) is 12.0. The number of pyridine rings is 2. The van der Waals surface area contributed by atoms with Gasteiger partial charge >= 0.3 is 0 Å². The summed E-state index contributed by atoms with van der Waals surface area (Å²) < 4.78 is 0. The highest BCUT2D eigenvalue weighted by Gasteiger charge is 2.13. The Bertz CT molecular complexity index is 587. The number of hydrogen-bond donors (Lipinski definition) is 2. The molecule has 5 heteroatoms. The fraction of sp³-hybridized carbons (Fsp3) is 0.312. The first kappa shape index (κ1) is 15.1. The van der Waals surface area contributed by atoms with Crippen molar-refractivity contribution in [1.82, 2.24) is 15.3 Å². The third-order valence-electron chi connectivity index (χ3n) is 3.29. The summed E-state index contributed by atoms with van der Waals surface area (Å²) in [7, 11) is 0. The van der Waals surface area contributed by atoms with Crippen molar-refractivity contribution in [2.75, 3.05) is 13.2 Å². The largest absolute Gasteiger partial charge is 0.396 e. The lowest BCUT2D eigenvalue weighted by Gasteiger charge is -2.15. The molecule has 0 radical (unpaired) electrons. The Hall–Kier alpha value is -2.27. The number of nitrogens with zero attached hydrogens (tertiary/aromatic N) is 2. The quantitative estimate of drug-likeness (QED) is 0.840. The maximum Gasteiger partial charge on any atom is 0.253 e. The predicted octanol–water partition coefficient (Wildman–Crippen LogP) is 1.37. The molecule has 2 N–H and O–H groups in total. The molecule has 1 unspecified atom stereocenters. The van der Waals surface area contributed by atoms with Crippen LogP contribution in [0.1, 0.15) is 21.7 Å². The van der Waals surface area contributed by atoms with Crippen LogP contribution in [0.25, 0.3) is 0 Å². The van der Waals surface area contributed by atoms with E-state index in [1.165, 1.54) is 0 Å². The lowest BCUT2D eigenvalue weighted by molar-refractivity contribution is 0.0938. The van der Waals surface area contributed by atoms with Gasteiger partial charge in [0.15, 0.2) is 0 Å². The third kappa shape index (κ3) is 4.36. The van der Waals surface area contributed by atoms with Crippen LogP contribution in [0.4, 0.5) is 0 Å². The SMILES string of the molecule is Cc1ncccc1C(=O)NCC(CO)Cc1ccccn1. The molecule has 2 rings (SSSR count). The van der Waals surface area contributed by atoms with Gasteiger partial charge in [-0.1, -0.05) is 6.07 Å². The summed E-state index contributed by atoms with van der Waals surface area (Å²) in [5, 5.41) is 12.3. The molecule has 0 aromatic carbocycles. The molecule has 5 nitrogen and oxygen atoms in total. The number of aryl methyl sites for hydroxylation is 1. The number of amides is 1. The van der Waals surface area contributed by atoms with E-state index in [1.807, 2.05) is 18.2 Å². The average Bonchev–Trinajstić information content (AvgIpc) is 2.52. The number of carbonyl (C=O) groups is 1. The summed E-state index contributed by atoms with van der Waals surface area (Å²) in [6, 6.07) is 9.15. The number of rotatable bonds is 6. The molecule has 0 bridgehead atoms. The van der Waals surface area contributed by atoms with Gasteiger partial charge in [0.05, 0.1) is 5.56 Å². The second kappa shape index (κ2) is 7.50. The van der Waals surface area contributed by atoms with Gasteiger partial charge in [0.25, 0.3) is 5.91 Å². The molecule has 2 aromatic heterocycles. The fourth-order valence-corrected chi connectivity index (χ4v) is 2.07. The summed E-state index contributed by atoms with van der Waals surface area (Å²) in [6.07, 6.45) is 4.01. The van der Waals surface area contributed by atoms with Gasteiger partial charge < -0.3 is 10.4 Å². The van der Waals surface area contributed by atoms with E-state index in [2.05, 4.69) is 15.3 Å². The number of nitrogens with one attached hydrogen (secondary N) is 1. The van der Waals surface area contributed by atoms with Crippen LogP contribution in [0.3, 0.4) is 0 Å². The first-order valence-electron chi connectivity index (χ1n) is 6.91. The van der Waals surface area contributed by atoms with Crippen LogP contribution in [0.2, 0.25) is 0 Å². The smallest absolute Gasteiger partial charge is 0.253 e. The van der Waals surface area contributed by atoms with Crippen LogP contribution < -0.4 is 5.32 Å². The number of carbonyl (C=O) groups excluding carboxylic acids is 1. The Morgan fingerprint density at radius 1 is 1.24 bits per heavy atom. The third-order valence-corrected chi connectivity index (χ3v) is 3.29. The van der Waals surface area contributed by atoms with E-state index in [9.17, 15) is 9.90 Å². The molecule has 0 saturated heterocycles. The summed E-state index contributed by atoms with van der Waals surface area (Å²) in [5.41, 5.74) is 2.16. The molecule has 1 atom stereocenters. The van der Waals surface area contributed by atoms with Gasteiger partial charge in [-0.25, -0.2) is 0 Å². The summed E-state index contributed by atoms with van der Waals surface area (Å²) in [4.78, 5) is 20.4. The monoisotopic (exact) mass is 285 g/mol. The molecule has 0 fully saturated rings. The number of hydrogen-bond acceptors (Lipinski definition) is 4. The highest BCUT2D eigenvalue weighted by atomic mass is 16.3. The van der Waals surface area contributed by atoms with Gasteiger partial charge in [-0.3, -0.25) is 14.8 Å². The predicted molar refractivity (Wildman–Crippen MR) is 79.8 cm³/mol. The van der Waals surface area contributed by atoms with Crippen LogP contribution >= 0.6 is 0 Å². The Kier molecular flexibility index (Phi) is 5.40. The van der Waals surface area contributed by atoms with E-state index in [-0.39, 0.29) is 18.4 Å². The van der Waals surface area contributed by atoms with Crippen molar-refractivity contribution in [3.05, 3.63) is 59.7 Å². The highest BCUT2D eigenvalue weighted by molar-refractivity contribution is 5.95. The molecule has 110 valence electrons. The highest BCUT2D eigenvalue weighted by Crippen LogP contribution is 2.07. The van der Waals surface area contributed by atoms with Gasteiger partial charge in [0.1, 0.15) is 0 Å². The van der Waals surface area contributed by atoms with Crippen molar-refractivity contribution >= 4 is 5.91 Å². The molecular weight excluding hydrogens is 266 g/mol. The lowest BCUT2D eigenvalue weighted by atomic mass is 10.0. The van der Waals surface area contributed by atoms with Gasteiger partial charge in [-0.05, 0) is 37.6 Å². The zero-order valence-corrected chi connectivity index (χ0v) is 12.0. The Morgan fingerprint density at radius 2 is 2.05 bits per heavy atom. The normalized spacial score (nSPS) is 11.9. The molecule has 0 aliphatic rings. The van der Waals surface area contributed by atoms with Crippen molar-refractivity contribution in [3.8, 4) is 0 Å². The van der Waals surface area contributed by atoms with E-state index in [1.54, 1.807) is 31.5 Å². The molecule has 2 heterocycles. The van der Waals surface area contributed by atoms with Crippen LogP contribution in [0.15, 0.2) is 42.7 Å². The average molecular weight is 285 g/mol. The molecule has 0 spiro atoms. The second-order valence-corrected chi connectivity index (χ2v) is 4.92. The van der Waals surface area contributed by atoms with E-state index in [4.69, 9.17) is 0 Å². The summed E-state index contributed by atoms with van der Waals surface area (Å²) >= 11 is 0. The van der Waals surface area contributed by atoms with Crippen molar-refractivity contribution < 1.29 is 9.90 Å². The Morgan fingerprint density at radius 3 is 2.71 bits per heavy atom. The summed E-state index contributed by atoms with van der Waals surface area (Å²) in [6.45, 7) is 2.20. The number of aromatic nitrogens is 2.